The molecule has 1 aromatic heterocycles. The fourth-order valence-electron chi connectivity index (χ4n) is 3.56. The van der Waals surface area contributed by atoms with Crippen LogP contribution in [0, 0.1) is 5.92 Å². The fraction of sp³-hybridized carbons (Fsp3) is 0.318. The third-order valence-electron chi connectivity index (χ3n) is 5.54. The van der Waals surface area contributed by atoms with E-state index in [0.29, 0.717) is 5.56 Å². The molecule has 0 aliphatic carbocycles. The first-order chi connectivity index (χ1) is 14.7. The van der Waals surface area contributed by atoms with Crippen molar-refractivity contribution in [1.82, 2.24) is 0 Å². The highest BCUT2D eigenvalue weighted by molar-refractivity contribution is 5.88. The maximum atomic E-state index is 13.3. The Hall–Kier alpha value is -3.27. The van der Waals surface area contributed by atoms with Gasteiger partial charge < -0.3 is 39.4 Å². The molecule has 31 heavy (non-hydrogen) atoms. The van der Waals surface area contributed by atoms with Crippen molar-refractivity contribution in [3.05, 3.63) is 46.6 Å². The number of fused-ring (bicyclic) bond motifs is 1. The molecule has 0 saturated carbocycles. The molecule has 9 nitrogen and oxygen atoms in total. The number of aliphatic hydroxyl groups is 2. The van der Waals surface area contributed by atoms with Crippen LogP contribution in [-0.2, 0) is 4.74 Å². The van der Waals surface area contributed by atoms with E-state index in [4.69, 9.17) is 13.9 Å². The SMILES string of the molecule is CC1OC(Oc2c(-c3ccc(O)cc3)oc3cc(O)cc(O)c3c2=O)C(O)C(O)C1C. The van der Waals surface area contributed by atoms with Crippen LogP contribution in [0.4, 0.5) is 0 Å². The molecule has 5 N–H and O–H groups in total. The van der Waals surface area contributed by atoms with Crippen LogP contribution >= 0.6 is 0 Å². The number of benzene rings is 2. The Kier molecular flexibility index (Phi) is 5.26. The predicted molar refractivity (Wildman–Crippen MR) is 109 cm³/mol. The minimum Gasteiger partial charge on any atom is -0.508 e. The van der Waals surface area contributed by atoms with E-state index >= 15 is 0 Å². The van der Waals surface area contributed by atoms with Gasteiger partial charge in [0.05, 0.1) is 12.2 Å². The minimum atomic E-state index is -1.44. The number of rotatable bonds is 3. The molecule has 2 aromatic carbocycles. The lowest BCUT2D eigenvalue weighted by molar-refractivity contribution is -0.251. The van der Waals surface area contributed by atoms with E-state index in [2.05, 4.69) is 0 Å². The van der Waals surface area contributed by atoms with Crippen LogP contribution in [0.2, 0.25) is 0 Å². The molecule has 0 radical (unpaired) electrons. The molecule has 1 aliphatic heterocycles. The van der Waals surface area contributed by atoms with Gasteiger partial charge in [-0.05, 0) is 31.2 Å². The summed E-state index contributed by atoms with van der Waals surface area (Å²) >= 11 is 0. The first kappa shape index (κ1) is 21.0. The van der Waals surface area contributed by atoms with Gasteiger partial charge in [0, 0.05) is 23.6 Å². The molecule has 3 aromatic rings. The third kappa shape index (κ3) is 3.67. The number of aliphatic hydroxyl groups excluding tert-OH is 2. The summed E-state index contributed by atoms with van der Waals surface area (Å²) in [6, 6.07) is 7.87. The lowest BCUT2D eigenvalue weighted by Crippen LogP contribution is -2.55. The highest BCUT2D eigenvalue weighted by atomic mass is 16.7. The van der Waals surface area contributed by atoms with Gasteiger partial charge in [-0.2, -0.15) is 0 Å². The van der Waals surface area contributed by atoms with Crippen LogP contribution in [-0.4, -0.2) is 50.1 Å². The quantitative estimate of drug-likeness (QED) is 0.421. The van der Waals surface area contributed by atoms with E-state index < -0.39 is 35.8 Å². The summed E-state index contributed by atoms with van der Waals surface area (Å²) in [6.07, 6.45) is -4.44. The lowest BCUT2D eigenvalue weighted by atomic mass is 9.92. The average molecular weight is 430 g/mol. The molecule has 0 amide bonds. The van der Waals surface area contributed by atoms with Gasteiger partial charge in [-0.15, -0.1) is 0 Å². The van der Waals surface area contributed by atoms with E-state index in [9.17, 15) is 30.3 Å². The molecular weight excluding hydrogens is 408 g/mol. The number of ether oxygens (including phenoxy) is 2. The molecule has 1 saturated heterocycles. The standard InChI is InChI=1S/C22H22O9/c1-9-10(2)29-22(19(28)17(9)26)31-21-18(27)16-14(25)7-13(24)8-15(16)30-20(21)11-3-5-12(23)6-4-11/h3-10,17,19,22-26,28H,1-2H3. The van der Waals surface area contributed by atoms with E-state index in [1.54, 1.807) is 13.8 Å². The van der Waals surface area contributed by atoms with Crippen molar-refractivity contribution in [2.24, 2.45) is 5.92 Å². The van der Waals surface area contributed by atoms with Crippen LogP contribution < -0.4 is 10.2 Å². The maximum absolute atomic E-state index is 13.3. The summed E-state index contributed by atoms with van der Waals surface area (Å²) in [5.74, 6) is -1.64. The summed E-state index contributed by atoms with van der Waals surface area (Å²) in [4.78, 5) is 13.3. The van der Waals surface area contributed by atoms with Crippen molar-refractivity contribution < 1.29 is 39.4 Å². The summed E-state index contributed by atoms with van der Waals surface area (Å²) in [6.45, 7) is 3.42. The molecule has 9 heteroatoms. The highest BCUT2D eigenvalue weighted by Gasteiger charge is 2.42. The van der Waals surface area contributed by atoms with Gasteiger partial charge in [0.2, 0.25) is 17.5 Å². The fourth-order valence-corrected chi connectivity index (χ4v) is 3.56. The van der Waals surface area contributed by atoms with Gasteiger partial charge >= 0.3 is 0 Å². The second kappa shape index (κ2) is 7.77. The summed E-state index contributed by atoms with van der Waals surface area (Å²) < 4.78 is 17.2. The van der Waals surface area contributed by atoms with Crippen molar-refractivity contribution in [1.29, 1.82) is 0 Å². The maximum Gasteiger partial charge on any atom is 0.239 e. The number of aromatic hydroxyl groups is 3. The Morgan fingerprint density at radius 3 is 2.29 bits per heavy atom. The number of hydrogen-bond donors (Lipinski definition) is 5. The number of hydrogen-bond acceptors (Lipinski definition) is 9. The van der Waals surface area contributed by atoms with E-state index in [0.717, 1.165) is 6.07 Å². The lowest BCUT2D eigenvalue weighted by Gasteiger charge is -2.39. The molecule has 4 rings (SSSR count). The first-order valence-electron chi connectivity index (χ1n) is 9.67. The van der Waals surface area contributed by atoms with Crippen LogP contribution in [0.3, 0.4) is 0 Å². The largest absolute Gasteiger partial charge is 0.508 e. The highest BCUT2D eigenvalue weighted by Crippen LogP contribution is 2.37. The van der Waals surface area contributed by atoms with Crippen molar-refractivity contribution in [2.75, 3.05) is 0 Å². The Balaban J connectivity index is 1.90. The van der Waals surface area contributed by atoms with Gasteiger partial charge in [0.15, 0.2) is 5.76 Å². The van der Waals surface area contributed by atoms with Gasteiger partial charge in [0.1, 0.15) is 34.3 Å². The molecule has 2 heterocycles. The monoisotopic (exact) mass is 430 g/mol. The van der Waals surface area contributed by atoms with Crippen molar-refractivity contribution in [2.45, 2.75) is 38.4 Å². The summed E-state index contributed by atoms with van der Waals surface area (Å²) in [7, 11) is 0. The van der Waals surface area contributed by atoms with E-state index in [1.807, 2.05) is 0 Å². The third-order valence-corrected chi connectivity index (χ3v) is 5.54. The van der Waals surface area contributed by atoms with Gasteiger partial charge in [-0.3, -0.25) is 4.79 Å². The van der Waals surface area contributed by atoms with Crippen molar-refractivity contribution >= 4 is 11.0 Å². The number of phenolic OH excluding ortho intramolecular Hbond substituents is 3. The van der Waals surface area contributed by atoms with Gasteiger partial charge in [-0.1, -0.05) is 6.92 Å². The van der Waals surface area contributed by atoms with Gasteiger partial charge in [-0.25, -0.2) is 0 Å². The van der Waals surface area contributed by atoms with Crippen LogP contribution in [0.1, 0.15) is 13.8 Å². The molecule has 5 unspecified atom stereocenters. The Bertz CT molecular complexity index is 1170. The zero-order valence-electron chi connectivity index (χ0n) is 16.7. The number of phenols is 3. The molecule has 0 spiro atoms. The second-order valence-electron chi connectivity index (χ2n) is 7.64. The molecule has 1 fully saturated rings. The zero-order chi connectivity index (χ0) is 22.4. The normalized spacial score (nSPS) is 26.1. The minimum absolute atomic E-state index is 0.0124. The second-order valence-corrected chi connectivity index (χ2v) is 7.64. The Morgan fingerprint density at radius 1 is 0.935 bits per heavy atom. The van der Waals surface area contributed by atoms with E-state index in [-0.39, 0.29) is 39.9 Å². The molecular formula is C22H22O9. The summed E-state index contributed by atoms with van der Waals surface area (Å²) in [5.41, 5.74) is -0.509. The smallest absolute Gasteiger partial charge is 0.239 e. The molecule has 0 bridgehead atoms. The van der Waals surface area contributed by atoms with Crippen LogP contribution in [0.15, 0.2) is 45.6 Å². The Morgan fingerprint density at radius 2 is 1.61 bits per heavy atom. The van der Waals surface area contributed by atoms with Crippen LogP contribution in [0.5, 0.6) is 23.0 Å². The van der Waals surface area contributed by atoms with Crippen molar-refractivity contribution in [3.63, 3.8) is 0 Å². The molecule has 5 atom stereocenters. The first-order valence-corrected chi connectivity index (χ1v) is 9.67. The molecule has 1 aliphatic rings. The zero-order valence-corrected chi connectivity index (χ0v) is 16.7. The van der Waals surface area contributed by atoms with Crippen LogP contribution in [0.25, 0.3) is 22.3 Å². The predicted octanol–water partition coefficient (Wildman–Crippen LogP) is 2.06. The summed E-state index contributed by atoms with van der Waals surface area (Å²) in [5, 5.41) is 50.1. The average Bonchev–Trinajstić information content (AvgIpc) is 2.72. The topological polar surface area (TPSA) is 150 Å². The van der Waals surface area contributed by atoms with Crippen molar-refractivity contribution in [3.8, 4) is 34.3 Å². The van der Waals surface area contributed by atoms with Gasteiger partial charge in [0.25, 0.3) is 0 Å². The molecule has 164 valence electrons. The Labute approximate surface area is 176 Å². The van der Waals surface area contributed by atoms with E-state index in [1.165, 1.54) is 30.3 Å².